The standard InChI is InChI=1S/C18H13BrN2O3/c19-13-6-8-14(9-7-13)24-17-10-5-12(11-20-17)18(23)21-15-3-1-2-4-16(15)22/h1-11,22H,(H,21,23). The Hall–Kier alpha value is -2.86. The summed E-state index contributed by atoms with van der Waals surface area (Å²) in [5.74, 6) is 0.682. The van der Waals surface area contributed by atoms with E-state index in [1.165, 1.54) is 12.3 Å². The van der Waals surface area contributed by atoms with Crippen LogP contribution in [0, 0.1) is 0 Å². The lowest BCUT2D eigenvalue weighted by Crippen LogP contribution is -2.12. The van der Waals surface area contributed by atoms with Gasteiger partial charge in [0.2, 0.25) is 5.88 Å². The van der Waals surface area contributed by atoms with Gasteiger partial charge in [-0.05, 0) is 42.5 Å². The number of aromatic hydroxyl groups is 1. The van der Waals surface area contributed by atoms with Gasteiger partial charge in [0.1, 0.15) is 11.5 Å². The number of nitrogens with one attached hydrogen (secondary N) is 1. The van der Waals surface area contributed by atoms with Crippen LogP contribution in [0.2, 0.25) is 0 Å². The van der Waals surface area contributed by atoms with Crippen LogP contribution >= 0.6 is 15.9 Å². The van der Waals surface area contributed by atoms with Crippen LogP contribution in [0.3, 0.4) is 0 Å². The minimum atomic E-state index is -0.362. The molecule has 5 nitrogen and oxygen atoms in total. The number of phenols is 1. The second-order valence-corrected chi connectivity index (χ2v) is 5.83. The van der Waals surface area contributed by atoms with E-state index in [1.807, 2.05) is 24.3 Å². The molecule has 0 saturated carbocycles. The number of aromatic nitrogens is 1. The van der Waals surface area contributed by atoms with Crippen LogP contribution in [-0.2, 0) is 0 Å². The molecule has 3 rings (SSSR count). The highest BCUT2D eigenvalue weighted by molar-refractivity contribution is 9.10. The van der Waals surface area contributed by atoms with Gasteiger partial charge in [0, 0.05) is 16.7 Å². The predicted octanol–water partition coefficient (Wildman–Crippen LogP) is 4.59. The van der Waals surface area contributed by atoms with Crippen molar-refractivity contribution >= 4 is 27.5 Å². The van der Waals surface area contributed by atoms with Gasteiger partial charge in [0.15, 0.2) is 0 Å². The zero-order valence-electron chi connectivity index (χ0n) is 12.4. The molecule has 0 aliphatic rings. The number of phenolic OH excluding ortho intramolecular Hbond substituents is 1. The van der Waals surface area contributed by atoms with Crippen molar-refractivity contribution in [3.05, 3.63) is 76.9 Å². The van der Waals surface area contributed by atoms with E-state index < -0.39 is 0 Å². The molecule has 2 N–H and O–H groups in total. The van der Waals surface area contributed by atoms with Gasteiger partial charge in [-0.15, -0.1) is 0 Å². The zero-order chi connectivity index (χ0) is 16.9. The molecule has 0 aliphatic carbocycles. The molecule has 1 aromatic heterocycles. The van der Waals surface area contributed by atoms with Crippen LogP contribution in [0.25, 0.3) is 0 Å². The summed E-state index contributed by atoms with van der Waals surface area (Å²) in [6, 6.07) is 17.1. The summed E-state index contributed by atoms with van der Waals surface area (Å²) in [5, 5.41) is 12.3. The van der Waals surface area contributed by atoms with Crippen molar-refractivity contribution in [2.45, 2.75) is 0 Å². The van der Waals surface area contributed by atoms with E-state index in [-0.39, 0.29) is 11.7 Å². The van der Waals surface area contributed by atoms with Gasteiger partial charge < -0.3 is 15.2 Å². The molecule has 0 saturated heterocycles. The van der Waals surface area contributed by atoms with Gasteiger partial charge in [0.25, 0.3) is 5.91 Å². The number of halogens is 1. The highest BCUT2D eigenvalue weighted by atomic mass is 79.9. The third-order valence-electron chi connectivity index (χ3n) is 3.19. The summed E-state index contributed by atoms with van der Waals surface area (Å²) < 4.78 is 6.56. The Morgan fingerprint density at radius 1 is 1.04 bits per heavy atom. The fourth-order valence-electron chi connectivity index (χ4n) is 1.97. The molecule has 2 aromatic carbocycles. The Balaban J connectivity index is 1.68. The molecule has 0 unspecified atom stereocenters. The van der Waals surface area contributed by atoms with Crippen LogP contribution in [0.1, 0.15) is 10.4 Å². The van der Waals surface area contributed by atoms with Gasteiger partial charge in [-0.3, -0.25) is 4.79 Å². The Bertz CT molecular complexity index is 849. The lowest BCUT2D eigenvalue weighted by atomic mass is 10.2. The summed E-state index contributed by atoms with van der Waals surface area (Å²) >= 11 is 3.36. The molecule has 24 heavy (non-hydrogen) atoms. The highest BCUT2D eigenvalue weighted by Crippen LogP contribution is 2.24. The first-order valence-electron chi connectivity index (χ1n) is 7.10. The predicted molar refractivity (Wildman–Crippen MR) is 94.5 cm³/mol. The van der Waals surface area contributed by atoms with Crippen LogP contribution in [0.5, 0.6) is 17.4 Å². The number of nitrogens with zero attached hydrogens (tertiary/aromatic N) is 1. The van der Waals surface area contributed by atoms with Crippen LogP contribution in [0.15, 0.2) is 71.3 Å². The van der Waals surface area contributed by atoms with Crippen LogP contribution in [0.4, 0.5) is 5.69 Å². The van der Waals surface area contributed by atoms with Crippen molar-refractivity contribution in [3.8, 4) is 17.4 Å². The second-order valence-electron chi connectivity index (χ2n) is 4.91. The Labute approximate surface area is 147 Å². The number of rotatable bonds is 4. The van der Waals surface area contributed by atoms with Crippen LogP contribution < -0.4 is 10.1 Å². The number of carbonyl (C=O) groups is 1. The summed E-state index contributed by atoms with van der Waals surface area (Å²) in [4.78, 5) is 16.3. The first-order valence-corrected chi connectivity index (χ1v) is 7.90. The molecule has 0 atom stereocenters. The Morgan fingerprint density at radius 2 is 1.79 bits per heavy atom. The average Bonchev–Trinajstić information content (AvgIpc) is 2.59. The smallest absolute Gasteiger partial charge is 0.257 e. The van der Waals surface area contributed by atoms with Crippen LogP contribution in [-0.4, -0.2) is 16.0 Å². The maximum Gasteiger partial charge on any atom is 0.257 e. The first kappa shape index (κ1) is 16.0. The fraction of sp³-hybridized carbons (Fsp3) is 0. The van der Waals surface area contributed by atoms with Gasteiger partial charge in [-0.25, -0.2) is 4.98 Å². The SMILES string of the molecule is O=C(Nc1ccccc1O)c1ccc(Oc2ccc(Br)cc2)nc1. The minimum Gasteiger partial charge on any atom is -0.506 e. The number of pyridine rings is 1. The number of para-hydroxylation sites is 2. The number of hydrogen-bond donors (Lipinski definition) is 2. The van der Waals surface area contributed by atoms with Crippen molar-refractivity contribution in [1.82, 2.24) is 4.98 Å². The Morgan fingerprint density at radius 3 is 2.46 bits per heavy atom. The molecule has 0 bridgehead atoms. The van der Waals surface area contributed by atoms with Crippen molar-refractivity contribution in [2.75, 3.05) is 5.32 Å². The van der Waals surface area contributed by atoms with Gasteiger partial charge in [-0.2, -0.15) is 0 Å². The summed E-state index contributed by atoms with van der Waals surface area (Å²) in [6.45, 7) is 0. The van der Waals surface area contributed by atoms with Crippen molar-refractivity contribution < 1.29 is 14.6 Å². The van der Waals surface area contributed by atoms with Crippen molar-refractivity contribution in [1.29, 1.82) is 0 Å². The molecule has 0 aliphatic heterocycles. The maximum absolute atomic E-state index is 12.2. The lowest BCUT2D eigenvalue weighted by molar-refractivity contribution is 0.102. The topological polar surface area (TPSA) is 71.5 Å². The van der Waals surface area contributed by atoms with E-state index in [0.717, 1.165) is 4.47 Å². The third kappa shape index (κ3) is 3.91. The number of ether oxygens (including phenoxy) is 1. The van der Waals surface area contributed by atoms with E-state index in [0.29, 0.717) is 22.9 Å². The summed E-state index contributed by atoms with van der Waals surface area (Å²) in [6.07, 6.45) is 1.42. The molecular formula is C18H13BrN2O3. The maximum atomic E-state index is 12.2. The fourth-order valence-corrected chi connectivity index (χ4v) is 2.24. The van der Waals surface area contributed by atoms with E-state index in [4.69, 9.17) is 4.74 Å². The molecule has 6 heteroatoms. The molecule has 1 heterocycles. The van der Waals surface area contributed by atoms with Crippen molar-refractivity contribution in [2.24, 2.45) is 0 Å². The zero-order valence-corrected chi connectivity index (χ0v) is 14.0. The second kappa shape index (κ2) is 7.14. The molecule has 3 aromatic rings. The lowest BCUT2D eigenvalue weighted by Gasteiger charge is -2.08. The van der Waals surface area contributed by atoms with E-state index in [2.05, 4.69) is 26.2 Å². The number of amides is 1. The van der Waals surface area contributed by atoms with Gasteiger partial charge >= 0.3 is 0 Å². The number of carbonyl (C=O) groups excluding carboxylic acids is 1. The summed E-state index contributed by atoms with van der Waals surface area (Å²) in [5.41, 5.74) is 0.707. The highest BCUT2D eigenvalue weighted by Gasteiger charge is 2.09. The molecule has 0 spiro atoms. The Kier molecular flexibility index (Phi) is 4.77. The molecule has 1 amide bonds. The van der Waals surface area contributed by atoms with E-state index >= 15 is 0 Å². The molecule has 0 radical (unpaired) electrons. The number of benzene rings is 2. The largest absolute Gasteiger partial charge is 0.506 e. The number of hydrogen-bond acceptors (Lipinski definition) is 4. The first-order chi connectivity index (χ1) is 11.6. The number of anilines is 1. The molecule has 120 valence electrons. The quantitative estimate of drug-likeness (QED) is 0.645. The normalized spacial score (nSPS) is 10.2. The van der Waals surface area contributed by atoms with E-state index in [1.54, 1.807) is 30.3 Å². The molecule has 0 fully saturated rings. The molecular weight excluding hydrogens is 372 g/mol. The van der Waals surface area contributed by atoms with E-state index in [9.17, 15) is 9.90 Å². The third-order valence-corrected chi connectivity index (χ3v) is 3.72. The minimum absolute atomic E-state index is 0.00833. The van der Waals surface area contributed by atoms with Gasteiger partial charge in [0.05, 0.1) is 11.3 Å². The van der Waals surface area contributed by atoms with Gasteiger partial charge in [-0.1, -0.05) is 28.1 Å². The summed E-state index contributed by atoms with van der Waals surface area (Å²) in [7, 11) is 0. The van der Waals surface area contributed by atoms with Crippen molar-refractivity contribution in [3.63, 3.8) is 0 Å². The average molecular weight is 385 g/mol. The monoisotopic (exact) mass is 384 g/mol.